The highest BCUT2D eigenvalue weighted by Gasteiger charge is 2.30. The van der Waals surface area contributed by atoms with Crippen LogP contribution in [0.1, 0.15) is 16.1 Å². The standard InChI is InChI=1S/C20H16F3N3O2/c1-28-17-8-5-14(6-9-17)25-16-7-10-18(24-12-16)19(27)26-15-4-2-3-13(11-15)20(21,22)23/h2-12,25H,1H3,(H,26,27). The number of hydrogen-bond donors (Lipinski definition) is 2. The van der Waals surface area contributed by atoms with Crippen LogP contribution >= 0.6 is 0 Å². The summed E-state index contributed by atoms with van der Waals surface area (Å²) in [7, 11) is 1.58. The summed E-state index contributed by atoms with van der Waals surface area (Å²) >= 11 is 0. The summed E-state index contributed by atoms with van der Waals surface area (Å²) in [6, 6.07) is 14.8. The van der Waals surface area contributed by atoms with Gasteiger partial charge in [-0.3, -0.25) is 4.79 Å². The average molecular weight is 387 g/mol. The van der Waals surface area contributed by atoms with Crippen molar-refractivity contribution in [1.82, 2.24) is 4.98 Å². The summed E-state index contributed by atoms with van der Waals surface area (Å²) in [6.07, 6.45) is -3.01. The van der Waals surface area contributed by atoms with Crippen LogP contribution in [0.3, 0.4) is 0 Å². The quantitative estimate of drug-likeness (QED) is 0.639. The molecule has 0 aliphatic heterocycles. The molecule has 1 aromatic heterocycles. The van der Waals surface area contributed by atoms with Gasteiger partial charge in [-0.2, -0.15) is 13.2 Å². The van der Waals surface area contributed by atoms with Crippen LogP contribution in [0.15, 0.2) is 66.9 Å². The van der Waals surface area contributed by atoms with Crippen molar-refractivity contribution < 1.29 is 22.7 Å². The lowest BCUT2D eigenvalue weighted by Gasteiger charge is -2.10. The highest BCUT2D eigenvalue weighted by molar-refractivity contribution is 6.03. The van der Waals surface area contributed by atoms with Crippen LogP contribution in [0.2, 0.25) is 0 Å². The molecule has 0 saturated carbocycles. The van der Waals surface area contributed by atoms with Gasteiger partial charge in [-0.1, -0.05) is 6.07 Å². The molecular formula is C20H16F3N3O2. The molecule has 0 saturated heterocycles. The van der Waals surface area contributed by atoms with Crippen molar-refractivity contribution in [1.29, 1.82) is 0 Å². The van der Waals surface area contributed by atoms with Crippen LogP contribution in [0.4, 0.5) is 30.2 Å². The molecular weight excluding hydrogens is 371 g/mol. The Morgan fingerprint density at radius 1 is 0.964 bits per heavy atom. The molecule has 0 aliphatic rings. The number of ether oxygens (including phenoxy) is 1. The van der Waals surface area contributed by atoms with E-state index in [9.17, 15) is 18.0 Å². The maximum absolute atomic E-state index is 12.8. The van der Waals surface area contributed by atoms with Crippen molar-refractivity contribution in [2.75, 3.05) is 17.7 Å². The van der Waals surface area contributed by atoms with E-state index in [-0.39, 0.29) is 11.4 Å². The zero-order chi connectivity index (χ0) is 20.1. The highest BCUT2D eigenvalue weighted by Crippen LogP contribution is 2.30. The van der Waals surface area contributed by atoms with Crippen LogP contribution in [-0.4, -0.2) is 18.0 Å². The number of methoxy groups -OCH3 is 1. The first-order chi connectivity index (χ1) is 13.3. The summed E-state index contributed by atoms with van der Waals surface area (Å²) in [6.45, 7) is 0. The van der Waals surface area contributed by atoms with E-state index in [1.165, 1.54) is 24.4 Å². The summed E-state index contributed by atoms with van der Waals surface area (Å²) in [5, 5.41) is 5.54. The molecule has 0 aliphatic carbocycles. The molecule has 0 unspecified atom stereocenters. The second kappa shape index (κ2) is 7.99. The minimum absolute atomic E-state index is 0.0436. The van der Waals surface area contributed by atoms with E-state index in [2.05, 4.69) is 15.6 Å². The van der Waals surface area contributed by atoms with Gasteiger partial charge in [0, 0.05) is 11.4 Å². The van der Waals surface area contributed by atoms with Gasteiger partial charge in [0.05, 0.1) is 24.6 Å². The Hall–Kier alpha value is -3.55. The van der Waals surface area contributed by atoms with Gasteiger partial charge in [-0.15, -0.1) is 0 Å². The molecule has 0 radical (unpaired) electrons. The molecule has 8 heteroatoms. The van der Waals surface area contributed by atoms with E-state index < -0.39 is 17.6 Å². The Balaban J connectivity index is 1.66. The Kier molecular flexibility index (Phi) is 5.49. The van der Waals surface area contributed by atoms with Gasteiger partial charge in [-0.25, -0.2) is 4.98 Å². The second-order valence-electron chi connectivity index (χ2n) is 5.82. The van der Waals surface area contributed by atoms with E-state index in [0.29, 0.717) is 5.69 Å². The summed E-state index contributed by atoms with van der Waals surface area (Å²) < 4.78 is 43.4. The molecule has 0 atom stereocenters. The normalized spacial score (nSPS) is 11.0. The number of alkyl halides is 3. The number of pyridine rings is 1. The maximum atomic E-state index is 12.8. The fourth-order valence-corrected chi connectivity index (χ4v) is 2.41. The van der Waals surface area contributed by atoms with Crippen LogP contribution in [0, 0.1) is 0 Å². The van der Waals surface area contributed by atoms with Gasteiger partial charge in [0.25, 0.3) is 5.91 Å². The monoisotopic (exact) mass is 387 g/mol. The predicted octanol–water partition coefficient (Wildman–Crippen LogP) is 5.10. The number of carbonyl (C=O) groups is 1. The molecule has 3 aromatic rings. The second-order valence-corrected chi connectivity index (χ2v) is 5.82. The number of nitrogens with zero attached hydrogens (tertiary/aromatic N) is 1. The first kappa shape index (κ1) is 19.2. The van der Waals surface area contributed by atoms with E-state index in [4.69, 9.17) is 4.74 Å². The molecule has 3 rings (SSSR count). The zero-order valence-corrected chi connectivity index (χ0v) is 14.7. The number of amides is 1. The maximum Gasteiger partial charge on any atom is 0.416 e. The molecule has 2 N–H and O–H groups in total. The first-order valence-electron chi connectivity index (χ1n) is 8.21. The number of halogens is 3. The Morgan fingerprint density at radius 2 is 1.68 bits per heavy atom. The number of carbonyl (C=O) groups excluding carboxylic acids is 1. The lowest BCUT2D eigenvalue weighted by molar-refractivity contribution is -0.137. The number of nitrogens with one attached hydrogen (secondary N) is 2. The molecule has 144 valence electrons. The molecule has 5 nitrogen and oxygen atoms in total. The van der Waals surface area contributed by atoms with E-state index in [0.717, 1.165) is 23.6 Å². The lowest BCUT2D eigenvalue weighted by atomic mass is 10.2. The fourth-order valence-electron chi connectivity index (χ4n) is 2.41. The van der Waals surface area contributed by atoms with Gasteiger partial charge >= 0.3 is 6.18 Å². The van der Waals surface area contributed by atoms with Crippen LogP contribution in [0.25, 0.3) is 0 Å². The highest BCUT2D eigenvalue weighted by atomic mass is 19.4. The number of benzene rings is 2. The minimum atomic E-state index is -4.48. The van der Waals surface area contributed by atoms with Gasteiger partial charge < -0.3 is 15.4 Å². The number of anilines is 3. The summed E-state index contributed by atoms with van der Waals surface area (Å²) in [5.74, 6) is 0.126. The van der Waals surface area contributed by atoms with E-state index in [1.807, 2.05) is 12.1 Å². The Bertz CT molecular complexity index is 956. The van der Waals surface area contributed by atoms with Crippen molar-refractivity contribution in [3.8, 4) is 5.75 Å². The Labute approximate surface area is 159 Å². The van der Waals surface area contributed by atoms with Gasteiger partial charge in [-0.05, 0) is 54.6 Å². The molecule has 0 fully saturated rings. The summed E-state index contributed by atoms with van der Waals surface area (Å²) in [4.78, 5) is 16.3. The van der Waals surface area contributed by atoms with Crippen molar-refractivity contribution in [3.63, 3.8) is 0 Å². The van der Waals surface area contributed by atoms with Crippen molar-refractivity contribution in [2.45, 2.75) is 6.18 Å². The summed E-state index contributed by atoms with van der Waals surface area (Å²) in [5.41, 5.74) is 0.751. The number of hydrogen-bond acceptors (Lipinski definition) is 4. The zero-order valence-electron chi connectivity index (χ0n) is 14.7. The SMILES string of the molecule is COc1ccc(Nc2ccc(C(=O)Nc3cccc(C(F)(F)F)c3)nc2)cc1. The molecule has 1 amide bonds. The minimum Gasteiger partial charge on any atom is -0.497 e. The molecule has 2 aromatic carbocycles. The first-order valence-corrected chi connectivity index (χ1v) is 8.21. The predicted molar refractivity (Wildman–Crippen MR) is 99.9 cm³/mol. The Morgan fingerprint density at radius 3 is 2.29 bits per heavy atom. The van der Waals surface area contributed by atoms with Crippen molar-refractivity contribution in [2.24, 2.45) is 0 Å². The molecule has 1 heterocycles. The third-order valence-electron chi connectivity index (χ3n) is 3.82. The van der Waals surface area contributed by atoms with Crippen LogP contribution < -0.4 is 15.4 Å². The van der Waals surface area contributed by atoms with Crippen LogP contribution in [0.5, 0.6) is 5.75 Å². The molecule has 0 spiro atoms. The largest absolute Gasteiger partial charge is 0.497 e. The lowest BCUT2D eigenvalue weighted by Crippen LogP contribution is -2.14. The van der Waals surface area contributed by atoms with E-state index in [1.54, 1.807) is 25.3 Å². The third kappa shape index (κ3) is 4.79. The van der Waals surface area contributed by atoms with Gasteiger partial charge in [0.1, 0.15) is 11.4 Å². The molecule has 28 heavy (non-hydrogen) atoms. The number of rotatable bonds is 5. The van der Waals surface area contributed by atoms with E-state index >= 15 is 0 Å². The van der Waals surface area contributed by atoms with Crippen molar-refractivity contribution in [3.05, 3.63) is 78.1 Å². The third-order valence-corrected chi connectivity index (χ3v) is 3.82. The topological polar surface area (TPSA) is 63.2 Å². The fraction of sp³-hybridized carbons (Fsp3) is 0.100. The smallest absolute Gasteiger partial charge is 0.416 e. The molecule has 0 bridgehead atoms. The number of aromatic nitrogens is 1. The van der Waals surface area contributed by atoms with Gasteiger partial charge in [0.2, 0.25) is 0 Å². The van der Waals surface area contributed by atoms with Gasteiger partial charge in [0.15, 0.2) is 0 Å². The average Bonchev–Trinajstić information content (AvgIpc) is 2.69. The van der Waals surface area contributed by atoms with Crippen LogP contribution in [-0.2, 0) is 6.18 Å². The van der Waals surface area contributed by atoms with Crippen molar-refractivity contribution >= 4 is 23.0 Å².